The second-order valence-corrected chi connectivity index (χ2v) is 8.78. The second kappa shape index (κ2) is 13.9. The summed E-state index contributed by atoms with van der Waals surface area (Å²) >= 11 is 0. The lowest BCUT2D eigenvalue weighted by atomic mass is 10.1. The summed E-state index contributed by atoms with van der Waals surface area (Å²) in [7, 11) is 1.82. The van der Waals surface area contributed by atoms with E-state index in [4.69, 9.17) is 4.74 Å². The number of hydrogen-bond donors (Lipinski definition) is 2. The van der Waals surface area contributed by atoms with Gasteiger partial charge in [0.15, 0.2) is 5.96 Å². The lowest BCUT2D eigenvalue weighted by molar-refractivity contribution is 0.0342. The smallest absolute Gasteiger partial charge is 0.191 e. The molecule has 2 aliphatic heterocycles. The number of morpholine rings is 1. The summed E-state index contributed by atoms with van der Waals surface area (Å²) < 4.78 is 5.43. The lowest BCUT2D eigenvalue weighted by Gasteiger charge is -2.26. The predicted octanol–water partition coefficient (Wildman–Crippen LogP) is 3.60. The molecule has 0 atom stereocenters. The van der Waals surface area contributed by atoms with Gasteiger partial charge in [-0.15, -0.1) is 24.0 Å². The summed E-state index contributed by atoms with van der Waals surface area (Å²) in [6.07, 6.45) is 2.68. The second-order valence-electron chi connectivity index (χ2n) is 8.78. The first-order valence-corrected chi connectivity index (χ1v) is 11.9. The zero-order valence-corrected chi connectivity index (χ0v) is 22.1. The van der Waals surface area contributed by atoms with Crippen LogP contribution in [0.5, 0.6) is 0 Å². The molecule has 2 aliphatic rings. The highest BCUT2D eigenvalue weighted by atomic mass is 127. The predicted molar refractivity (Wildman–Crippen MR) is 146 cm³/mol. The van der Waals surface area contributed by atoms with Gasteiger partial charge in [-0.05, 0) is 48.2 Å². The molecule has 180 valence electrons. The van der Waals surface area contributed by atoms with E-state index in [2.05, 4.69) is 74.0 Å². The van der Waals surface area contributed by atoms with Gasteiger partial charge in [0.1, 0.15) is 0 Å². The zero-order valence-electron chi connectivity index (χ0n) is 19.8. The van der Waals surface area contributed by atoms with Crippen LogP contribution in [0.2, 0.25) is 0 Å². The summed E-state index contributed by atoms with van der Waals surface area (Å²) in [6, 6.07) is 17.8. The molecule has 7 heteroatoms. The van der Waals surface area contributed by atoms with E-state index in [0.29, 0.717) is 0 Å². The van der Waals surface area contributed by atoms with E-state index in [1.807, 2.05) is 7.05 Å². The molecular weight excluding hydrogens is 525 g/mol. The lowest BCUT2D eigenvalue weighted by Crippen LogP contribution is -2.36. The zero-order chi connectivity index (χ0) is 22.0. The maximum atomic E-state index is 5.43. The van der Waals surface area contributed by atoms with Crippen LogP contribution < -0.4 is 10.6 Å². The first kappa shape index (κ1) is 25.9. The Kier molecular flexibility index (Phi) is 10.9. The number of aliphatic imine (C=N–C) groups is 1. The number of likely N-dealkylation sites (tertiary alicyclic amines) is 1. The SMILES string of the molecule is CN=C(NCc1ccc(CN2CCCC2)cc1)NCc1ccc(CN2CCOCC2)cc1.I. The highest BCUT2D eigenvalue weighted by Gasteiger charge is 2.12. The molecule has 0 saturated carbocycles. The van der Waals surface area contributed by atoms with Crippen LogP contribution in [-0.2, 0) is 30.9 Å². The normalized spacial score (nSPS) is 17.5. The molecule has 2 saturated heterocycles. The van der Waals surface area contributed by atoms with Crippen LogP contribution in [-0.4, -0.2) is 62.2 Å². The van der Waals surface area contributed by atoms with Crippen LogP contribution >= 0.6 is 24.0 Å². The molecule has 0 aliphatic carbocycles. The molecule has 33 heavy (non-hydrogen) atoms. The van der Waals surface area contributed by atoms with Gasteiger partial charge < -0.3 is 15.4 Å². The van der Waals surface area contributed by atoms with E-state index < -0.39 is 0 Å². The van der Waals surface area contributed by atoms with Crippen LogP contribution in [0.15, 0.2) is 53.5 Å². The third kappa shape index (κ3) is 8.55. The Labute approximate surface area is 215 Å². The Morgan fingerprint density at radius 3 is 1.61 bits per heavy atom. The minimum atomic E-state index is 0. The van der Waals surface area contributed by atoms with E-state index in [1.165, 1.54) is 48.2 Å². The van der Waals surface area contributed by atoms with Gasteiger partial charge >= 0.3 is 0 Å². The van der Waals surface area contributed by atoms with Crippen LogP contribution in [0, 0.1) is 0 Å². The number of halogens is 1. The molecule has 6 nitrogen and oxygen atoms in total. The minimum Gasteiger partial charge on any atom is -0.379 e. The fourth-order valence-electron chi connectivity index (χ4n) is 4.33. The van der Waals surface area contributed by atoms with Crippen molar-refractivity contribution in [1.82, 2.24) is 20.4 Å². The summed E-state index contributed by atoms with van der Waals surface area (Å²) in [6.45, 7) is 9.80. The summed E-state index contributed by atoms with van der Waals surface area (Å²) in [4.78, 5) is 9.35. The van der Waals surface area contributed by atoms with Gasteiger partial charge in [-0.2, -0.15) is 0 Å². The quantitative estimate of drug-likeness (QED) is 0.292. The molecule has 2 aromatic carbocycles. The summed E-state index contributed by atoms with van der Waals surface area (Å²) in [5.41, 5.74) is 5.28. The van der Waals surface area contributed by atoms with E-state index in [1.54, 1.807) is 0 Å². The molecule has 2 heterocycles. The van der Waals surface area contributed by atoms with Gasteiger partial charge in [0, 0.05) is 46.3 Å². The van der Waals surface area contributed by atoms with Crippen molar-refractivity contribution in [3.05, 3.63) is 70.8 Å². The Balaban J connectivity index is 0.00000306. The van der Waals surface area contributed by atoms with Crippen molar-refractivity contribution < 1.29 is 4.74 Å². The molecule has 2 N–H and O–H groups in total. The van der Waals surface area contributed by atoms with E-state index >= 15 is 0 Å². The fourth-order valence-corrected chi connectivity index (χ4v) is 4.33. The Morgan fingerprint density at radius 2 is 1.15 bits per heavy atom. The molecule has 0 aromatic heterocycles. The largest absolute Gasteiger partial charge is 0.379 e. The molecule has 4 rings (SSSR count). The molecule has 0 unspecified atom stereocenters. The van der Waals surface area contributed by atoms with E-state index in [0.717, 1.165) is 58.4 Å². The van der Waals surface area contributed by atoms with Gasteiger partial charge in [-0.1, -0.05) is 48.5 Å². The van der Waals surface area contributed by atoms with E-state index in [9.17, 15) is 0 Å². The maximum absolute atomic E-state index is 5.43. The van der Waals surface area contributed by atoms with Gasteiger partial charge in [0.25, 0.3) is 0 Å². The first-order valence-electron chi connectivity index (χ1n) is 11.9. The van der Waals surface area contributed by atoms with Gasteiger partial charge in [0.05, 0.1) is 13.2 Å². The van der Waals surface area contributed by atoms with Crippen LogP contribution in [0.25, 0.3) is 0 Å². The first-order chi connectivity index (χ1) is 15.8. The third-order valence-corrected chi connectivity index (χ3v) is 6.30. The number of guanidine groups is 1. The molecule has 2 fully saturated rings. The van der Waals surface area contributed by atoms with Crippen molar-refractivity contribution in [3.63, 3.8) is 0 Å². The number of ether oxygens (including phenoxy) is 1. The minimum absolute atomic E-state index is 0. The van der Waals surface area contributed by atoms with Crippen LogP contribution in [0.1, 0.15) is 35.1 Å². The van der Waals surface area contributed by atoms with Crippen LogP contribution in [0.3, 0.4) is 0 Å². The molecule has 0 amide bonds. The number of rotatable bonds is 8. The summed E-state index contributed by atoms with van der Waals surface area (Å²) in [5, 5.41) is 6.85. The van der Waals surface area contributed by atoms with Gasteiger partial charge in [0.2, 0.25) is 0 Å². The number of hydrogen-bond acceptors (Lipinski definition) is 4. The number of benzene rings is 2. The Bertz CT molecular complexity index is 844. The molecule has 0 bridgehead atoms. The average Bonchev–Trinajstić information content (AvgIpc) is 3.35. The van der Waals surface area contributed by atoms with E-state index in [-0.39, 0.29) is 24.0 Å². The van der Waals surface area contributed by atoms with Crippen molar-refractivity contribution >= 4 is 29.9 Å². The Hall–Kier alpha value is -1.68. The highest BCUT2D eigenvalue weighted by molar-refractivity contribution is 14.0. The van der Waals surface area contributed by atoms with Crippen molar-refractivity contribution in [2.24, 2.45) is 4.99 Å². The van der Waals surface area contributed by atoms with Crippen molar-refractivity contribution in [2.75, 3.05) is 46.4 Å². The van der Waals surface area contributed by atoms with Crippen molar-refractivity contribution in [2.45, 2.75) is 39.0 Å². The van der Waals surface area contributed by atoms with Crippen LogP contribution in [0.4, 0.5) is 0 Å². The number of nitrogens with zero attached hydrogens (tertiary/aromatic N) is 3. The van der Waals surface area contributed by atoms with Gasteiger partial charge in [-0.3, -0.25) is 14.8 Å². The third-order valence-electron chi connectivity index (χ3n) is 6.30. The monoisotopic (exact) mass is 563 g/mol. The molecule has 0 spiro atoms. The standard InChI is InChI=1S/C26H37N5O.HI/c1-27-26(28-18-22-4-8-24(9-5-22)20-30-12-2-3-13-30)29-19-23-6-10-25(11-7-23)21-31-14-16-32-17-15-31;/h4-11H,2-3,12-21H2,1H3,(H2,27,28,29);1H. The maximum Gasteiger partial charge on any atom is 0.191 e. The van der Waals surface area contributed by atoms with Crippen molar-refractivity contribution in [1.29, 1.82) is 0 Å². The van der Waals surface area contributed by atoms with Gasteiger partial charge in [-0.25, -0.2) is 0 Å². The molecular formula is C26H38IN5O. The Morgan fingerprint density at radius 1 is 0.727 bits per heavy atom. The van der Waals surface area contributed by atoms with Crippen molar-refractivity contribution in [3.8, 4) is 0 Å². The highest BCUT2D eigenvalue weighted by Crippen LogP contribution is 2.13. The molecule has 2 aromatic rings. The fraction of sp³-hybridized carbons (Fsp3) is 0.500. The summed E-state index contributed by atoms with van der Waals surface area (Å²) in [5.74, 6) is 0.823. The topological polar surface area (TPSA) is 52.1 Å². The average molecular weight is 564 g/mol. The number of nitrogens with one attached hydrogen (secondary N) is 2. The molecule has 0 radical (unpaired) electrons.